The van der Waals surface area contributed by atoms with E-state index in [2.05, 4.69) is 20.0 Å². The molecule has 0 atom stereocenters. The first-order valence-corrected chi connectivity index (χ1v) is 4.98. The summed E-state index contributed by atoms with van der Waals surface area (Å²) in [7, 11) is 1.15. The number of ether oxygens (including phenoxy) is 1. The Morgan fingerprint density at radius 3 is 2.47 bits per heavy atom. The number of methoxy groups -OCH3 is 1. The summed E-state index contributed by atoms with van der Waals surface area (Å²) in [5.41, 5.74) is -0.233. The Kier molecular flexibility index (Phi) is 4.47. The molecule has 0 aliphatic carbocycles. The average molecular weight is 280 g/mol. The summed E-state index contributed by atoms with van der Waals surface area (Å²) in [6.07, 6.45) is 0. The van der Waals surface area contributed by atoms with Crippen LogP contribution in [-0.2, 0) is 9.53 Å². The molecule has 0 saturated heterocycles. The van der Waals surface area contributed by atoms with E-state index in [4.69, 9.17) is 28.3 Å². The number of hydrogen-bond donors (Lipinski definition) is 2. The van der Waals surface area contributed by atoms with Crippen molar-refractivity contribution in [3.05, 3.63) is 16.0 Å². The van der Waals surface area contributed by atoms with Gasteiger partial charge in [0.05, 0.1) is 7.11 Å². The van der Waals surface area contributed by atoms with Crippen LogP contribution in [0.3, 0.4) is 0 Å². The first kappa shape index (κ1) is 13.5. The third-order valence-corrected chi connectivity index (χ3v) is 2.22. The Balaban J connectivity index is 3.11. The maximum Gasteiger partial charge on any atom is 0.360 e. The van der Waals surface area contributed by atoms with Crippen molar-refractivity contribution in [3.63, 3.8) is 0 Å². The van der Waals surface area contributed by atoms with Crippen molar-refractivity contribution >= 4 is 41.0 Å². The molecule has 0 aromatic carbocycles. The van der Waals surface area contributed by atoms with Crippen LogP contribution in [0, 0.1) is 0 Å². The van der Waals surface area contributed by atoms with Crippen LogP contribution in [0.1, 0.15) is 10.5 Å². The lowest BCUT2D eigenvalue weighted by atomic mass is 10.4. The number of rotatable bonds is 4. The number of carboxylic acid groups (broad SMARTS) is 1. The van der Waals surface area contributed by atoms with Crippen LogP contribution in [0.15, 0.2) is 0 Å². The predicted molar refractivity (Wildman–Crippen MR) is 59.5 cm³/mol. The van der Waals surface area contributed by atoms with Gasteiger partial charge in [0.25, 0.3) is 0 Å². The molecule has 0 unspecified atom stereocenters. The molecule has 2 N–H and O–H groups in total. The summed E-state index contributed by atoms with van der Waals surface area (Å²) in [4.78, 5) is 29.1. The SMILES string of the molecule is COC(=O)c1nc(Cl)c(Cl)nc1NCC(=O)O. The molecular formula is C8H7Cl2N3O4. The van der Waals surface area contributed by atoms with E-state index in [1.807, 2.05) is 0 Å². The average Bonchev–Trinajstić information content (AvgIpc) is 2.29. The van der Waals surface area contributed by atoms with Crippen molar-refractivity contribution in [2.75, 3.05) is 19.0 Å². The van der Waals surface area contributed by atoms with E-state index in [1.54, 1.807) is 0 Å². The summed E-state index contributed by atoms with van der Waals surface area (Å²) in [5.74, 6) is -2.04. The van der Waals surface area contributed by atoms with Gasteiger partial charge < -0.3 is 15.2 Å². The molecule has 0 amide bonds. The van der Waals surface area contributed by atoms with E-state index in [0.717, 1.165) is 7.11 Å². The Bertz CT molecular complexity index is 466. The van der Waals surface area contributed by atoms with Crippen LogP contribution in [0.25, 0.3) is 0 Å². The van der Waals surface area contributed by atoms with Crippen LogP contribution in [0.5, 0.6) is 0 Å². The lowest BCUT2D eigenvalue weighted by Crippen LogP contribution is -2.18. The van der Waals surface area contributed by atoms with Gasteiger partial charge in [-0.2, -0.15) is 0 Å². The molecule has 1 heterocycles. The fourth-order valence-corrected chi connectivity index (χ4v) is 1.17. The zero-order chi connectivity index (χ0) is 13.0. The van der Waals surface area contributed by atoms with Crippen molar-refractivity contribution < 1.29 is 19.4 Å². The van der Waals surface area contributed by atoms with E-state index in [0.29, 0.717) is 0 Å². The first-order chi connectivity index (χ1) is 7.95. The second kappa shape index (κ2) is 5.65. The van der Waals surface area contributed by atoms with E-state index >= 15 is 0 Å². The molecule has 0 bridgehead atoms. The van der Waals surface area contributed by atoms with Crippen molar-refractivity contribution in [2.45, 2.75) is 0 Å². The molecule has 9 heteroatoms. The standard InChI is InChI=1S/C8H7Cl2N3O4/c1-17-8(16)4-7(11-2-3(14)15)13-6(10)5(9)12-4/h2H2,1H3,(H,11,13)(H,14,15). The number of carbonyl (C=O) groups excluding carboxylic acids is 1. The van der Waals surface area contributed by atoms with Gasteiger partial charge >= 0.3 is 11.9 Å². The van der Waals surface area contributed by atoms with E-state index in [-0.39, 0.29) is 21.8 Å². The fraction of sp³-hybridized carbons (Fsp3) is 0.250. The predicted octanol–water partition coefficient (Wildman–Crippen LogP) is 1.07. The molecule has 1 aromatic heterocycles. The summed E-state index contributed by atoms with van der Waals surface area (Å²) in [6.45, 7) is -0.448. The third kappa shape index (κ3) is 3.43. The summed E-state index contributed by atoms with van der Waals surface area (Å²) >= 11 is 11.2. The number of anilines is 1. The van der Waals surface area contributed by atoms with Crippen molar-refractivity contribution in [1.82, 2.24) is 9.97 Å². The second-order valence-corrected chi connectivity index (χ2v) is 3.46. The highest BCUT2D eigenvalue weighted by Crippen LogP contribution is 2.22. The summed E-state index contributed by atoms with van der Waals surface area (Å²) < 4.78 is 4.45. The number of nitrogens with zero attached hydrogens (tertiary/aromatic N) is 2. The van der Waals surface area contributed by atoms with Crippen LogP contribution < -0.4 is 5.32 Å². The van der Waals surface area contributed by atoms with Gasteiger partial charge in [0, 0.05) is 0 Å². The first-order valence-electron chi connectivity index (χ1n) is 4.22. The van der Waals surface area contributed by atoms with Gasteiger partial charge in [-0.3, -0.25) is 4.79 Å². The van der Waals surface area contributed by atoms with Gasteiger partial charge in [0.2, 0.25) is 0 Å². The Morgan fingerprint density at radius 1 is 1.35 bits per heavy atom. The largest absolute Gasteiger partial charge is 0.480 e. The minimum absolute atomic E-state index is 0.103. The van der Waals surface area contributed by atoms with Crippen molar-refractivity contribution in [3.8, 4) is 0 Å². The van der Waals surface area contributed by atoms with Gasteiger partial charge in [-0.05, 0) is 0 Å². The molecule has 1 rings (SSSR count). The lowest BCUT2D eigenvalue weighted by Gasteiger charge is -2.08. The van der Waals surface area contributed by atoms with Crippen molar-refractivity contribution in [1.29, 1.82) is 0 Å². The maximum atomic E-state index is 11.3. The fourth-order valence-electron chi connectivity index (χ4n) is 0.916. The highest BCUT2D eigenvalue weighted by atomic mass is 35.5. The second-order valence-electron chi connectivity index (χ2n) is 2.74. The number of hydrogen-bond acceptors (Lipinski definition) is 6. The monoisotopic (exact) mass is 279 g/mol. The number of carboxylic acids is 1. The Hall–Kier alpha value is -1.60. The minimum atomic E-state index is -1.13. The lowest BCUT2D eigenvalue weighted by molar-refractivity contribution is -0.134. The highest BCUT2D eigenvalue weighted by Gasteiger charge is 2.19. The van der Waals surface area contributed by atoms with Crippen molar-refractivity contribution in [2.24, 2.45) is 0 Å². The van der Waals surface area contributed by atoms with Gasteiger partial charge in [-0.1, -0.05) is 23.2 Å². The number of esters is 1. The number of aromatic nitrogens is 2. The van der Waals surface area contributed by atoms with E-state index < -0.39 is 18.5 Å². The van der Waals surface area contributed by atoms with Gasteiger partial charge in [-0.15, -0.1) is 0 Å². The number of carbonyl (C=O) groups is 2. The van der Waals surface area contributed by atoms with Gasteiger partial charge in [-0.25, -0.2) is 14.8 Å². The molecule has 0 fully saturated rings. The molecule has 0 aliphatic heterocycles. The molecule has 0 radical (unpaired) electrons. The molecular weight excluding hydrogens is 273 g/mol. The molecule has 17 heavy (non-hydrogen) atoms. The minimum Gasteiger partial charge on any atom is -0.480 e. The molecule has 0 aliphatic rings. The van der Waals surface area contributed by atoms with Gasteiger partial charge in [0.1, 0.15) is 6.54 Å². The summed E-state index contributed by atoms with van der Waals surface area (Å²) in [5, 5.41) is 10.6. The molecule has 0 saturated carbocycles. The molecule has 1 aromatic rings. The Labute approximate surface area is 106 Å². The topological polar surface area (TPSA) is 101 Å². The Morgan fingerprint density at radius 2 is 1.94 bits per heavy atom. The zero-order valence-corrected chi connectivity index (χ0v) is 10.0. The smallest absolute Gasteiger partial charge is 0.360 e. The molecule has 7 nitrogen and oxygen atoms in total. The zero-order valence-electron chi connectivity index (χ0n) is 8.53. The molecule has 0 spiro atoms. The summed E-state index contributed by atoms with van der Waals surface area (Å²) in [6, 6.07) is 0. The van der Waals surface area contributed by atoms with Crippen LogP contribution in [0.4, 0.5) is 5.82 Å². The van der Waals surface area contributed by atoms with E-state index in [9.17, 15) is 9.59 Å². The van der Waals surface area contributed by atoms with Crippen LogP contribution in [-0.4, -0.2) is 40.7 Å². The quantitative estimate of drug-likeness (QED) is 0.795. The van der Waals surface area contributed by atoms with Crippen LogP contribution in [0.2, 0.25) is 10.3 Å². The van der Waals surface area contributed by atoms with E-state index in [1.165, 1.54) is 0 Å². The maximum absolute atomic E-state index is 11.3. The molecule has 92 valence electrons. The number of nitrogens with one attached hydrogen (secondary N) is 1. The van der Waals surface area contributed by atoms with Gasteiger partial charge in [0.15, 0.2) is 21.8 Å². The third-order valence-electron chi connectivity index (χ3n) is 1.60. The van der Waals surface area contributed by atoms with Crippen LogP contribution >= 0.6 is 23.2 Å². The normalized spacial score (nSPS) is 9.82. The number of halogens is 2. The highest BCUT2D eigenvalue weighted by molar-refractivity contribution is 6.40. The number of aliphatic carboxylic acids is 1.